The van der Waals surface area contributed by atoms with Gasteiger partial charge < -0.3 is 10.1 Å². The van der Waals surface area contributed by atoms with Crippen molar-refractivity contribution < 1.29 is 9.53 Å². The van der Waals surface area contributed by atoms with Gasteiger partial charge in [0.2, 0.25) is 5.91 Å². The first-order chi connectivity index (χ1) is 13.6. The fourth-order valence-electron chi connectivity index (χ4n) is 2.44. The van der Waals surface area contributed by atoms with Gasteiger partial charge in [-0.15, -0.1) is 0 Å². The Kier molecular flexibility index (Phi) is 6.53. The molecule has 3 rings (SSSR count). The van der Waals surface area contributed by atoms with Gasteiger partial charge in [0.1, 0.15) is 16.8 Å². The molecule has 0 aliphatic rings. The van der Waals surface area contributed by atoms with Crippen LogP contribution in [0.1, 0.15) is 5.56 Å². The number of carbonyl (C=O) groups excluding carboxylic acids is 1. The molecule has 0 unspecified atom stereocenters. The molecule has 0 aliphatic carbocycles. The van der Waals surface area contributed by atoms with Crippen LogP contribution in [0.4, 0.5) is 5.69 Å². The molecule has 1 heterocycles. The second-order valence-electron chi connectivity index (χ2n) is 5.71. The van der Waals surface area contributed by atoms with Crippen LogP contribution in [0.3, 0.4) is 0 Å². The molecule has 1 amide bonds. The second kappa shape index (κ2) is 9.27. The van der Waals surface area contributed by atoms with Crippen LogP contribution in [0.2, 0.25) is 5.02 Å². The van der Waals surface area contributed by atoms with Gasteiger partial charge >= 0.3 is 0 Å². The number of rotatable bonds is 6. The van der Waals surface area contributed by atoms with Crippen LogP contribution in [-0.4, -0.2) is 23.8 Å². The van der Waals surface area contributed by atoms with Crippen LogP contribution in [0, 0.1) is 11.3 Å². The molecule has 3 aromatic rings. The van der Waals surface area contributed by atoms with Crippen molar-refractivity contribution in [2.75, 3.05) is 18.2 Å². The van der Waals surface area contributed by atoms with E-state index in [1.54, 1.807) is 43.5 Å². The molecule has 0 atom stereocenters. The topological polar surface area (TPSA) is 75.0 Å². The number of para-hydroxylation sites is 1. The maximum absolute atomic E-state index is 12.2. The lowest BCUT2D eigenvalue weighted by molar-refractivity contribution is -0.113. The van der Waals surface area contributed by atoms with Crippen LogP contribution in [0.25, 0.3) is 11.3 Å². The van der Waals surface area contributed by atoms with Crippen LogP contribution in [0.5, 0.6) is 5.75 Å². The predicted molar refractivity (Wildman–Crippen MR) is 112 cm³/mol. The number of aromatic nitrogens is 1. The third kappa shape index (κ3) is 4.83. The molecule has 0 saturated carbocycles. The van der Waals surface area contributed by atoms with E-state index >= 15 is 0 Å². The quantitative estimate of drug-likeness (QED) is 0.579. The molecule has 0 bridgehead atoms. The smallest absolute Gasteiger partial charge is 0.234 e. The summed E-state index contributed by atoms with van der Waals surface area (Å²) in [7, 11) is 1.61. The maximum Gasteiger partial charge on any atom is 0.234 e. The molecule has 140 valence electrons. The number of nitrogens with zero attached hydrogens (tertiary/aromatic N) is 2. The van der Waals surface area contributed by atoms with Crippen molar-refractivity contribution in [1.82, 2.24) is 4.98 Å². The van der Waals surface area contributed by atoms with Gasteiger partial charge in [-0.2, -0.15) is 5.26 Å². The van der Waals surface area contributed by atoms with Crippen LogP contribution < -0.4 is 10.1 Å². The number of hydrogen-bond acceptors (Lipinski definition) is 5. The molecular weight excluding hydrogens is 394 g/mol. The van der Waals surface area contributed by atoms with Crippen molar-refractivity contribution in [3.05, 3.63) is 71.2 Å². The molecule has 1 N–H and O–H groups in total. The largest absolute Gasteiger partial charge is 0.497 e. The Hall–Kier alpha value is -3.01. The minimum absolute atomic E-state index is 0.110. The number of halogens is 1. The molecule has 28 heavy (non-hydrogen) atoms. The van der Waals surface area contributed by atoms with Crippen LogP contribution >= 0.6 is 23.4 Å². The monoisotopic (exact) mass is 409 g/mol. The highest BCUT2D eigenvalue weighted by Crippen LogP contribution is 2.27. The summed E-state index contributed by atoms with van der Waals surface area (Å²) in [5.41, 5.74) is 2.59. The van der Waals surface area contributed by atoms with Gasteiger partial charge in [0.25, 0.3) is 0 Å². The number of thioether (sulfide) groups is 1. The van der Waals surface area contributed by atoms with Gasteiger partial charge in [-0.25, -0.2) is 4.98 Å². The van der Waals surface area contributed by atoms with E-state index in [9.17, 15) is 10.1 Å². The molecular formula is C21H16ClN3O2S. The molecule has 1 aromatic heterocycles. The number of amides is 1. The zero-order chi connectivity index (χ0) is 19.9. The van der Waals surface area contributed by atoms with Crippen LogP contribution in [0.15, 0.2) is 65.7 Å². The summed E-state index contributed by atoms with van der Waals surface area (Å²) in [4.78, 5) is 16.8. The summed E-state index contributed by atoms with van der Waals surface area (Å²) in [6.45, 7) is 0. The zero-order valence-corrected chi connectivity index (χ0v) is 16.6. The highest BCUT2D eigenvalue weighted by atomic mass is 35.5. The average Bonchev–Trinajstić information content (AvgIpc) is 2.73. The number of benzene rings is 2. The number of ether oxygens (including phenoxy) is 1. The summed E-state index contributed by atoms with van der Waals surface area (Å²) in [6, 6.07) is 20.1. The first-order valence-corrected chi connectivity index (χ1v) is 9.70. The minimum atomic E-state index is -0.223. The Bertz CT molecular complexity index is 1030. The Morgan fingerprint density at radius 1 is 1.18 bits per heavy atom. The van der Waals surface area contributed by atoms with Gasteiger partial charge in [0, 0.05) is 5.56 Å². The maximum atomic E-state index is 12.2. The number of carbonyl (C=O) groups is 1. The van der Waals surface area contributed by atoms with E-state index in [-0.39, 0.29) is 11.7 Å². The SMILES string of the molecule is COc1ccc(-c2ccc(C#N)c(SCC(=O)Nc3ccccc3Cl)n2)cc1. The molecule has 7 heteroatoms. The average molecular weight is 410 g/mol. The van der Waals surface area contributed by atoms with Gasteiger partial charge in [-0.3, -0.25) is 4.79 Å². The van der Waals surface area contributed by atoms with Gasteiger partial charge in [0.05, 0.1) is 34.8 Å². The Morgan fingerprint density at radius 2 is 1.93 bits per heavy atom. The summed E-state index contributed by atoms with van der Waals surface area (Å²) < 4.78 is 5.17. The molecule has 5 nitrogen and oxygen atoms in total. The van der Waals surface area contributed by atoms with Gasteiger partial charge in [-0.05, 0) is 48.5 Å². The van der Waals surface area contributed by atoms with E-state index < -0.39 is 0 Å². The molecule has 0 saturated heterocycles. The number of nitriles is 1. The Labute approximate surface area is 172 Å². The second-order valence-corrected chi connectivity index (χ2v) is 7.08. The molecule has 0 aliphatic heterocycles. The number of pyridine rings is 1. The third-order valence-electron chi connectivity index (χ3n) is 3.85. The summed E-state index contributed by atoms with van der Waals surface area (Å²) >= 11 is 7.27. The van der Waals surface area contributed by atoms with E-state index in [2.05, 4.69) is 16.4 Å². The fraction of sp³-hybridized carbons (Fsp3) is 0.0952. The highest BCUT2D eigenvalue weighted by Gasteiger charge is 2.12. The lowest BCUT2D eigenvalue weighted by Crippen LogP contribution is -2.14. The lowest BCUT2D eigenvalue weighted by Gasteiger charge is -2.09. The standard InChI is InChI=1S/C21H16ClN3O2S/c1-27-16-9-6-14(7-10-16)18-11-8-15(12-23)21(25-18)28-13-20(26)24-19-5-3-2-4-17(19)22/h2-11H,13H2,1H3,(H,24,26). The Morgan fingerprint density at radius 3 is 2.61 bits per heavy atom. The number of methoxy groups -OCH3 is 1. The zero-order valence-electron chi connectivity index (χ0n) is 15.0. The van der Waals surface area contributed by atoms with Crippen molar-refractivity contribution in [1.29, 1.82) is 5.26 Å². The summed E-state index contributed by atoms with van der Waals surface area (Å²) in [6.07, 6.45) is 0. The van der Waals surface area contributed by atoms with E-state index in [1.807, 2.05) is 24.3 Å². The fourth-order valence-corrected chi connectivity index (χ4v) is 3.40. The Balaban J connectivity index is 1.74. The molecule has 0 radical (unpaired) electrons. The summed E-state index contributed by atoms with van der Waals surface area (Å²) in [5, 5.41) is 13.1. The molecule has 0 spiro atoms. The van der Waals surface area contributed by atoms with Crippen molar-refractivity contribution in [3.8, 4) is 23.1 Å². The summed E-state index contributed by atoms with van der Waals surface area (Å²) in [5.74, 6) is 0.640. The van der Waals surface area contributed by atoms with E-state index in [0.29, 0.717) is 21.3 Å². The molecule has 0 fully saturated rings. The highest BCUT2D eigenvalue weighted by molar-refractivity contribution is 8.00. The first-order valence-electron chi connectivity index (χ1n) is 8.33. The van der Waals surface area contributed by atoms with E-state index in [1.165, 1.54) is 11.8 Å². The molecule has 2 aromatic carbocycles. The van der Waals surface area contributed by atoms with E-state index in [0.717, 1.165) is 17.0 Å². The van der Waals surface area contributed by atoms with Crippen LogP contribution in [-0.2, 0) is 4.79 Å². The van der Waals surface area contributed by atoms with Crippen molar-refractivity contribution in [3.63, 3.8) is 0 Å². The number of nitrogens with one attached hydrogen (secondary N) is 1. The van der Waals surface area contributed by atoms with E-state index in [4.69, 9.17) is 16.3 Å². The van der Waals surface area contributed by atoms with Crippen molar-refractivity contribution >= 4 is 35.0 Å². The lowest BCUT2D eigenvalue weighted by atomic mass is 10.1. The third-order valence-corrected chi connectivity index (χ3v) is 5.18. The minimum Gasteiger partial charge on any atom is -0.497 e. The normalized spacial score (nSPS) is 10.2. The predicted octanol–water partition coefficient (Wildman–Crippen LogP) is 5.01. The van der Waals surface area contributed by atoms with Crippen molar-refractivity contribution in [2.45, 2.75) is 5.03 Å². The van der Waals surface area contributed by atoms with Gasteiger partial charge in [-0.1, -0.05) is 35.5 Å². The number of anilines is 1. The van der Waals surface area contributed by atoms with Gasteiger partial charge in [0.15, 0.2) is 0 Å². The number of hydrogen-bond donors (Lipinski definition) is 1. The van der Waals surface area contributed by atoms with Crippen molar-refractivity contribution in [2.24, 2.45) is 0 Å². The first kappa shape index (κ1) is 19.7.